The number of benzene rings is 1. The molecule has 158 valence electrons. The third-order valence-corrected chi connectivity index (χ3v) is 7.33. The van der Waals surface area contributed by atoms with Gasteiger partial charge >= 0.3 is 0 Å². The van der Waals surface area contributed by atoms with Gasteiger partial charge in [-0.15, -0.1) is 0 Å². The van der Waals surface area contributed by atoms with Crippen LogP contribution in [0.2, 0.25) is 0 Å². The molecular formula is C21H30N4O3S. The fourth-order valence-corrected chi connectivity index (χ4v) is 5.03. The summed E-state index contributed by atoms with van der Waals surface area (Å²) in [6.45, 7) is 8.61. The lowest BCUT2D eigenvalue weighted by molar-refractivity contribution is 0.175. The second-order valence-corrected chi connectivity index (χ2v) is 8.99. The first kappa shape index (κ1) is 21.7. The van der Waals surface area contributed by atoms with E-state index in [0.717, 1.165) is 30.9 Å². The molecule has 1 aromatic carbocycles. The summed E-state index contributed by atoms with van der Waals surface area (Å²) in [5.74, 6) is 0.827. The summed E-state index contributed by atoms with van der Waals surface area (Å²) in [6.07, 6.45) is 3.55. The third-order valence-electron chi connectivity index (χ3n) is 5.15. The Bertz CT molecular complexity index is 847. The highest BCUT2D eigenvalue weighted by molar-refractivity contribution is 7.86. The molecular weight excluding hydrogens is 388 g/mol. The van der Waals surface area contributed by atoms with E-state index in [2.05, 4.69) is 22.0 Å². The third kappa shape index (κ3) is 5.76. The standard InChI is InChI=1S/C21H30N4O3S/c1-3-24(4-2)29(26,27)25-14-12-23(13-15-25)17-19-7-9-21(10-8-19)28-18-20-6-5-11-22-16-20/h5-11,16H,3-4,12-15,17-18H2,1-2H3. The SMILES string of the molecule is CCN(CC)S(=O)(=O)N1CCN(Cc2ccc(OCc3cccnc3)cc2)CC1. The van der Waals surface area contributed by atoms with Gasteiger partial charge in [0.2, 0.25) is 0 Å². The van der Waals surface area contributed by atoms with E-state index >= 15 is 0 Å². The average Bonchev–Trinajstić information content (AvgIpc) is 2.75. The minimum absolute atomic E-state index is 0.496. The zero-order valence-corrected chi connectivity index (χ0v) is 18.0. The maximum atomic E-state index is 12.6. The summed E-state index contributed by atoms with van der Waals surface area (Å²) in [5, 5.41) is 0. The monoisotopic (exact) mass is 418 g/mol. The maximum Gasteiger partial charge on any atom is 0.282 e. The number of hydrogen-bond acceptors (Lipinski definition) is 5. The van der Waals surface area contributed by atoms with Crippen molar-refractivity contribution in [1.82, 2.24) is 18.5 Å². The molecule has 0 amide bonds. The van der Waals surface area contributed by atoms with Crippen molar-refractivity contribution in [3.8, 4) is 5.75 Å². The first-order valence-electron chi connectivity index (χ1n) is 10.1. The molecule has 0 bridgehead atoms. The lowest BCUT2D eigenvalue weighted by Gasteiger charge is -2.36. The van der Waals surface area contributed by atoms with Crippen LogP contribution in [-0.4, -0.2) is 66.2 Å². The lowest BCUT2D eigenvalue weighted by Crippen LogP contribution is -2.52. The molecule has 0 saturated carbocycles. The van der Waals surface area contributed by atoms with Crippen LogP contribution in [0.25, 0.3) is 0 Å². The van der Waals surface area contributed by atoms with E-state index in [4.69, 9.17) is 4.74 Å². The molecule has 3 rings (SSSR count). The van der Waals surface area contributed by atoms with Gasteiger partial charge in [0.25, 0.3) is 10.2 Å². The number of piperazine rings is 1. The number of rotatable bonds is 9. The van der Waals surface area contributed by atoms with Crippen LogP contribution in [0.5, 0.6) is 5.75 Å². The molecule has 2 heterocycles. The summed E-state index contributed by atoms with van der Waals surface area (Å²) in [6, 6.07) is 12.0. The Morgan fingerprint density at radius 2 is 1.69 bits per heavy atom. The minimum atomic E-state index is -3.34. The van der Waals surface area contributed by atoms with Gasteiger partial charge in [-0.2, -0.15) is 17.0 Å². The molecule has 1 aromatic heterocycles. The summed E-state index contributed by atoms with van der Waals surface area (Å²) in [5.41, 5.74) is 2.23. The second kappa shape index (κ2) is 10.2. The van der Waals surface area contributed by atoms with Gasteiger partial charge < -0.3 is 4.74 Å². The van der Waals surface area contributed by atoms with Gasteiger partial charge in [0.1, 0.15) is 12.4 Å². The molecule has 29 heavy (non-hydrogen) atoms. The average molecular weight is 419 g/mol. The van der Waals surface area contributed by atoms with Crippen molar-refractivity contribution < 1.29 is 13.2 Å². The van der Waals surface area contributed by atoms with E-state index in [1.54, 1.807) is 16.7 Å². The molecule has 0 aliphatic carbocycles. The number of hydrogen-bond donors (Lipinski definition) is 0. The molecule has 1 saturated heterocycles. The maximum absolute atomic E-state index is 12.6. The molecule has 1 aliphatic rings. The Balaban J connectivity index is 1.48. The van der Waals surface area contributed by atoms with Gasteiger partial charge in [0.05, 0.1) is 0 Å². The molecule has 0 radical (unpaired) electrons. The highest BCUT2D eigenvalue weighted by Crippen LogP contribution is 2.17. The summed E-state index contributed by atoms with van der Waals surface area (Å²) in [7, 11) is -3.34. The van der Waals surface area contributed by atoms with Gasteiger partial charge in [0, 0.05) is 63.8 Å². The largest absolute Gasteiger partial charge is 0.489 e. The second-order valence-electron chi connectivity index (χ2n) is 7.06. The van der Waals surface area contributed by atoms with Crippen LogP contribution >= 0.6 is 0 Å². The molecule has 1 aliphatic heterocycles. The van der Waals surface area contributed by atoms with Crippen molar-refractivity contribution in [2.24, 2.45) is 0 Å². The first-order valence-corrected chi connectivity index (χ1v) is 11.5. The fourth-order valence-electron chi connectivity index (χ4n) is 3.43. The zero-order valence-electron chi connectivity index (χ0n) is 17.2. The number of aromatic nitrogens is 1. The van der Waals surface area contributed by atoms with Crippen molar-refractivity contribution in [3.05, 3.63) is 59.9 Å². The van der Waals surface area contributed by atoms with E-state index < -0.39 is 10.2 Å². The Labute approximate surface area is 174 Å². The van der Waals surface area contributed by atoms with Gasteiger partial charge in [-0.1, -0.05) is 32.0 Å². The van der Waals surface area contributed by atoms with Crippen molar-refractivity contribution >= 4 is 10.2 Å². The Hall–Kier alpha value is -2.00. The summed E-state index contributed by atoms with van der Waals surface area (Å²) < 4.78 is 34.2. The summed E-state index contributed by atoms with van der Waals surface area (Å²) >= 11 is 0. The molecule has 0 unspecified atom stereocenters. The van der Waals surface area contributed by atoms with E-state index in [1.165, 1.54) is 9.87 Å². The smallest absolute Gasteiger partial charge is 0.282 e. The van der Waals surface area contributed by atoms with Gasteiger partial charge in [-0.3, -0.25) is 9.88 Å². The zero-order chi connectivity index (χ0) is 20.7. The van der Waals surface area contributed by atoms with E-state index in [9.17, 15) is 8.42 Å². The predicted octanol–water partition coefficient (Wildman–Crippen LogP) is 2.36. The van der Waals surface area contributed by atoms with E-state index in [-0.39, 0.29) is 0 Å². The Kier molecular flexibility index (Phi) is 7.60. The molecule has 2 aromatic rings. The fraction of sp³-hybridized carbons (Fsp3) is 0.476. The van der Waals surface area contributed by atoms with Gasteiger partial charge in [0.15, 0.2) is 0 Å². The predicted molar refractivity (Wildman–Crippen MR) is 114 cm³/mol. The number of pyridine rings is 1. The lowest BCUT2D eigenvalue weighted by atomic mass is 10.2. The van der Waals surface area contributed by atoms with Crippen molar-refractivity contribution in [1.29, 1.82) is 0 Å². The Morgan fingerprint density at radius 1 is 1.00 bits per heavy atom. The van der Waals surface area contributed by atoms with Gasteiger partial charge in [-0.25, -0.2) is 0 Å². The summed E-state index contributed by atoms with van der Waals surface area (Å²) in [4.78, 5) is 6.38. The van der Waals surface area contributed by atoms with E-state index in [0.29, 0.717) is 32.8 Å². The minimum Gasteiger partial charge on any atom is -0.489 e. The molecule has 0 N–H and O–H groups in total. The Morgan fingerprint density at radius 3 is 2.28 bits per heavy atom. The van der Waals surface area contributed by atoms with Crippen LogP contribution in [0.15, 0.2) is 48.8 Å². The van der Waals surface area contributed by atoms with Crippen LogP contribution < -0.4 is 4.74 Å². The van der Waals surface area contributed by atoms with Crippen molar-refractivity contribution in [2.75, 3.05) is 39.3 Å². The van der Waals surface area contributed by atoms with Crippen LogP contribution in [0.3, 0.4) is 0 Å². The van der Waals surface area contributed by atoms with Crippen LogP contribution in [0.1, 0.15) is 25.0 Å². The molecule has 0 atom stereocenters. The van der Waals surface area contributed by atoms with Gasteiger partial charge in [-0.05, 0) is 23.8 Å². The quantitative estimate of drug-likeness (QED) is 0.626. The first-order chi connectivity index (χ1) is 14.0. The van der Waals surface area contributed by atoms with Crippen LogP contribution in [0.4, 0.5) is 0 Å². The normalized spacial score (nSPS) is 16.2. The topological polar surface area (TPSA) is 66.0 Å². The number of ether oxygens (including phenoxy) is 1. The van der Waals surface area contributed by atoms with Crippen LogP contribution in [-0.2, 0) is 23.4 Å². The molecule has 1 fully saturated rings. The van der Waals surface area contributed by atoms with Crippen molar-refractivity contribution in [3.63, 3.8) is 0 Å². The molecule has 0 spiro atoms. The highest BCUT2D eigenvalue weighted by atomic mass is 32.2. The highest BCUT2D eigenvalue weighted by Gasteiger charge is 2.30. The molecule has 7 nitrogen and oxygen atoms in total. The number of nitrogens with zero attached hydrogens (tertiary/aromatic N) is 4. The van der Waals surface area contributed by atoms with Crippen molar-refractivity contribution in [2.45, 2.75) is 27.0 Å². The van der Waals surface area contributed by atoms with E-state index in [1.807, 2.05) is 38.1 Å². The van der Waals surface area contributed by atoms with Crippen LogP contribution in [0, 0.1) is 0 Å². The molecule has 8 heteroatoms.